The Bertz CT molecular complexity index is 440. The first kappa shape index (κ1) is 12.4. The molecule has 4 atom stereocenters. The second-order valence-corrected chi connectivity index (χ2v) is 5.38. The number of imide groups is 1. The Kier molecular flexibility index (Phi) is 2.92. The van der Waals surface area contributed by atoms with E-state index in [1.54, 1.807) is 6.92 Å². The molecular weight excluding hydrogens is 246 g/mol. The van der Waals surface area contributed by atoms with E-state index < -0.39 is 0 Å². The molecule has 1 heterocycles. The van der Waals surface area contributed by atoms with Crippen molar-refractivity contribution in [1.29, 1.82) is 0 Å². The second kappa shape index (κ2) is 4.47. The topological polar surface area (TPSA) is 63.7 Å². The lowest BCUT2D eigenvalue weighted by atomic mass is 9.85. The molecule has 0 spiro atoms. The van der Waals surface area contributed by atoms with Crippen LogP contribution in [0.3, 0.4) is 0 Å². The summed E-state index contributed by atoms with van der Waals surface area (Å²) >= 11 is 0. The first-order valence-electron chi connectivity index (χ1n) is 6.82. The fourth-order valence-electron chi connectivity index (χ4n) is 3.62. The van der Waals surface area contributed by atoms with Gasteiger partial charge in [-0.1, -0.05) is 12.2 Å². The van der Waals surface area contributed by atoms with Gasteiger partial charge in [0.2, 0.25) is 11.8 Å². The van der Waals surface area contributed by atoms with Crippen LogP contribution in [0, 0.1) is 23.7 Å². The molecule has 3 aliphatic rings. The third-order valence-electron chi connectivity index (χ3n) is 4.41. The predicted molar refractivity (Wildman–Crippen MR) is 65.7 cm³/mol. The van der Waals surface area contributed by atoms with Gasteiger partial charge in [-0.05, 0) is 25.2 Å². The van der Waals surface area contributed by atoms with Crippen LogP contribution in [0.1, 0.15) is 19.8 Å². The van der Waals surface area contributed by atoms with E-state index in [0.717, 1.165) is 6.42 Å². The van der Waals surface area contributed by atoms with Crippen LogP contribution in [0.4, 0.5) is 0 Å². The lowest BCUT2D eigenvalue weighted by Crippen LogP contribution is -2.35. The summed E-state index contributed by atoms with van der Waals surface area (Å²) in [7, 11) is 0. The summed E-state index contributed by atoms with van der Waals surface area (Å²) in [4.78, 5) is 37.1. The smallest absolute Gasteiger partial charge is 0.307 e. The molecule has 0 aromatic heterocycles. The van der Waals surface area contributed by atoms with Crippen LogP contribution in [-0.2, 0) is 19.1 Å². The zero-order chi connectivity index (χ0) is 13.6. The third kappa shape index (κ3) is 1.79. The number of rotatable bonds is 4. The van der Waals surface area contributed by atoms with Crippen LogP contribution in [0.25, 0.3) is 0 Å². The summed E-state index contributed by atoms with van der Waals surface area (Å²) < 4.78 is 4.82. The Morgan fingerprint density at radius 1 is 1.26 bits per heavy atom. The molecule has 2 fully saturated rings. The lowest BCUT2D eigenvalue weighted by molar-refractivity contribution is -0.145. The highest BCUT2D eigenvalue weighted by Crippen LogP contribution is 2.52. The number of fused-ring (bicyclic) bond motifs is 5. The van der Waals surface area contributed by atoms with Crippen molar-refractivity contribution in [2.75, 3.05) is 13.2 Å². The molecule has 0 N–H and O–H groups in total. The van der Waals surface area contributed by atoms with Crippen molar-refractivity contribution < 1.29 is 19.1 Å². The second-order valence-electron chi connectivity index (χ2n) is 5.38. The summed E-state index contributed by atoms with van der Waals surface area (Å²) in [5.41, 5.74) is 0. The van der Waals surface area contributed by atoms with Crippen LogP contribution < -0.4 is 0 Å². The number of likely N-dealkylation sites (tertiary alicyclic amines) is 1. The Hall–Kier alpha value is -1.65. The average molecular weight is 263 g/mol. The number of allylic oxidation sites excluding steroid dienone is 2. The number of amides is 2. The van der Waals surface area contributed by atoms with Crippen molar-refractivity contribution in [2.45, 2.75) is 19.8 Å². The molecule has 19 heavy (non-hydrogen) atoms. The van der Waals surface area contributed by atoms with E-state index in [1.165, 1.54) is 4.90 Å². The van der Waals surface area contributed by atoms with Gasteiger partial charge < -0.3 is 4.74 Å². The summed E-state index contributed by atoms with van der Waals surface area (Å²) in [6.45, 7) is 2.21. The standard InChI is InChI=1S/C14H17NO4/c1-2-19-10(16)5-6-15-13(17)11-8-3-4-9(7-8)12(11)14(15)18/h3-4,8-9,11-12H,2,5-7H2,1H3/t8-,9+,11-,12-/m0/s1. The quantitative estimate of drug-likeness (QED) is 0.426. The minimum Gasteiger partial charge on any atom is -0.466 e. The molecule has 5 heteroatoms. The number of esters is 1. The van der Waals surface area contributed by atoms with Crippen LogP contribution in [0.5, 0.6) is 0 Å². The van der Waals surface area contributed by atoms with Crippen molar-refractivity contribution in [1.82, 2.24) is 4.90 Å². The summed E-state index contributed by atoms with van der Waals surface area (Å²) in [6.07, 6.45) is 5.14. The molecule has 0 unspecified atom stereocenters. The van der Waals surface area contributed by atoms with Gasteiger partial charge in [-0.3, -0.25) is 19.3 Å². The molecule has 0 radical (unpaired) electrons. The fraction of sp³-hybridized carbons (Fsp3) is 0.643. The van der Waals surface area contributed by atoms with Crippen molar-refractivity contribution in [3.8, 4) is 0 Å². The largest absolute Gasteiger partial charge is 0.466 e. The highest BCUT2D eigenvalue weighted by atomic mass is 16.5. The molecule has 0 aromatic rings. The van der Waals surface area contributed by atoms with Crippen LogP contribution in [-0.4, -0.2) is 35.8 Å². The number of carbonyl (C=O) groups is 3. The molecule has 1 saturated carbocycles. The Balaban J connectivity index is 1.67. The fourth-order valence-corrected chi connectivity index (χ4v) is 3.62. The Morgan fingerprint density at radius 3 is 2.37 bits per heavy atom. The van der Waals surface area contributed by atoms with Gasteiger partial charge in [-0.2, -0.15) is 0 Å². The van der Waals surface area contributed by atoms with Gasteiger partial charge in [0, 0.05) is 6.54 Å². The van der Waals surface area contributed by atoms with E-state index in [2.05, 4.69) is 12.2 Å². The van der Waals surface area contributed by atoms with Crippen LogP contribution in [0.2, 0.25) is 0 Å². The molecule has 1 saturated heterocycles. The molecule has 3 rings (SSSR count). The van der Waals surface area contributed by atoms with Crippen molar-refractivity contribution in [3.63, 3.8) is 0 Å². The maximum absolute atomic E-state index is 12.3. The molecule has 1 aliphatic heterocycles. The van der Waals surface area contributed by atoms with Gasteiger partial charge in [0.05, 0.1) is 24.9 Å². The van der Waals surface area contributed by atoms with E-state index >= 15 is 0 Å². The van der Waals surface area contributed by atoms with E-state index in [-0.39, 0.29) is 54.4 Å². The van der Waals surface area contributed by atoms with Gasteiger partial charge in [-0.25, -0.2) is 0 Å². The van der Waals surface area contributed by atoms with E-state index in [9.17, 15) is 14.4 Å². The molecule has 102 valence electrons. The summed E-state index contributed by atoms with van der Waals surface area (Å²) in [5, 5.41) is 0. The van der Waals surface area contributed by atoms with Gasteiger partial charge in [-0.15, -0.1) is 0 Å². The van der Waals surface area contributed by atoms with Gasteiger partial charge in [0.1, 0.15) is 0 Å². The van der Waals surface area contributed by atoms with E-state index in [4.69, 9.17) is 4.74 Å². The zero-order valence-corrected chi connectivity index (χ0v) is 10.9. The van der Waals surface area contributed by atoms with Crippen LogP contribution >= 0.6 is 0 Å². The summed E-state index contributed by atoms with van der Waals surface area (Å²) in [5.74, 6) is -0.471. The van der Waals surface area contributed by atoms with Gasteiger partial charge in [0.25, 0.3) is 0 Å². The van der Waals surface area contributed by atoms with Crippen LogP contribution in [0.15, 0.2) is 12.2 Å². The Morgan fingerprint density at radius 2 is 1.84 bits per heavy atom. The molecule has 2 bridgehead atoms. The molecule has 2 amide bonds. The molecule has 5 nitrogen and oxygen atoms in total. The number of hydrogen-bond donors (Lipinski definition) is 0. The molecular formula is C14H17NO4. The number of nitrogens with zero attached hydrogens (tertiary/aromatic N) is 1. The Labute approximate surface area is 111 Å². The maximum atomic E-state index is 12.3. The first-order valence-corrected chi connectivity index (χ1v) is 6.82. The van der Waals surface area contributed by atoms with Crippen molar-refractivity contribution in [3.05, 3.63) is 12.2 Å². The molecule has 2 aliphatic carbocycles. The van der Waals surface area contributed by atoms with E-state index in [1.807, 2.05) is 0 Å². The highest BCUT2D eigenvalue weighted by Gasteiger charge is 2.58. The number of carbonyl (C=O) groups excluding carboxylic acids is 3. The van der Waals surface area contributed by atoms with E-state index in [0.29, 0.717) is 6.61 Å². The summed E-state index contributed by atoms with van der Waals surface area (Å²) in [6, 6.07) is 0. The maximum Gasteiger partial charge on any atom is 0.307 e. The third-order valence-corrected chi connectivity index (χ3v) is 4.41. The monoisotopic (exact) mass is 263 g/mol. The first-order chi connectivity index (χ1) is 9.13. The lowest BCUT2D eigenvalue weighted by Gasteiger charge is -2.16. The average Bonchev–Trinajstić information content (AvgIpc) is 3.03. The number of hydrogen-bond acceptors (Lipinski definition) is 4. The minimum atomic E-state index is -0.360. The van der Waals surface area contributed by atoms with Crippen molar-refractivity contribution >= 4 is 17.8 Å². The number of ether oxygens (including phenoxy) is 1. The predicted octanol–water partition coefficient (Wildman–Crippen LogP) is 0.747. The van der Waals surface area contributed by atoms with Gasteiger partial charge in [0.15, 0.2) is 0 Å². The normalized spacial score (nSPS) is 35.1. The zero-order valence-electron chi connectivity index (χ0n) is 10.9. The van der Waals surface area contributed by atoms with Gasteiger partial charge >= 0.3 is 5.97 Å². The minimum absolute atomic E-state index is 0.0908. The van der Waals surface area contributed by atoms with Crippen molar-refractivity contribution in [2.24, 2.45) is 23.7 Å². The molecule has 0 aromatic carbocycles. The SMILES string of the molecule is CCOC(=O)CCN1C(=O)[C@@H]2[C@@H](C1=O)[C@H]1C=C[C@@H]2C1. The highest BCUT2D eigenvalue weighted by molar-refractivity contribution is 6.06.